The molecule has 0 fully saturated rings. The van der Waals surface area contributed by atoms with Crippen LogP contribution in [0.2, 0.25) is 0 Å². The van der Waals surface area contributed by atoms with Crippen molar-refractivity contribution in [2.45, 2.75) is 0 Å². The van der Waals surface area contributed by atoms with Crippen LogP contribution >= 0.6 is 0 Å². The molecule has 4 N–H and O–H groups in total. The first kappa shape index (κ1) is 128. The summed E-state index contributed by atoms with van der Waals surface area (Å²) in [5.74, 6) is 0. The lowest BCUT2D eigenvalue weighted by Crippen LogP contribution is -3.00. The van der Waals surface area contributed by atoms with Crippen LogP contribution in [0.15, 0.2) is 0 Å². The van der Waals surface area contributed by atoms with Gasteiger partial charge in [0.15, 0.2) is 0 Å². The van der Waals surface area contributed by atoms with E-state index in [1.807, 2.05) is 0 Å². The van der Waals surface area contributed by atoms with Crippen LogP contribution in [-0.2, 0) is 0 Å². The van der Waals surface area contributed by atoms with Crippen LogP contribution in [0.25, 0.3) is 0 Å². The summed E-state index contributed by atoms with van der Waals surface area (Å²) in [6, 6.07) is 0. The summed E-state index contributed by atoms with van der Waals surface area (Å²) in [5, 5.41) is 0. The predicted molar refractivity (Wildman–Crippen MR) is 5.98 cm³/mol. The van der Waals surface area contributed by atoms with Crippen molar-refractivity contribution in [2.24, 2.45) is 0 Å². The average molecular weight is 160 g/mol. The van der Waals surface area contributed by atoms with Gasteiger partial charge in [-0.1, -0.05) is 0 Å². The van der Waals surface area contributed by atoms with Gasteiger partial charge in [0.05, 0.1) is 0 Å². The molecule has 0 unspecified atom stereocenters. The topological polar surface area (TPSA) is 36.5 Å². The molecule has 0 heterocycles. The SMILES string of the molecule is [Cl-].[Cl-].[Cl-].[Cl-].[NH4+]. The number of rotatable bonds is 0. The van der Waals surface area contributed by atoms with Crippen molar-refractivity contribution in [2.75, 3.05) is 0 Å². The molecule has 0 rings (SSSR count). The highest BCUT2D eigenvalue weighted by atomic mass is 35.5. The first-order chi connectivity index (χ1) is 0. The zero-order valence-corrected chi connectivity index (χ0v) is 5.54. The molecule has 0 aliphatic carbocycles. The molecule has 0 atom stereocenters. The molecule has 40 valence electrons. The largest absolute Gasteiger partial charge is 1.00 e. The summed E-state index contributed by atoms with van der Waals surface area (Å²) in [6.07, 6.45) is 0. The lowest BCUT2D eigenvalue weighted by molar-refractivity contribution is -0.00100. The minimum absolute atomic E-state index is 0. The lowest BCUT2D eigenvalue weighted by Gasteiger charge is -1.00. The maximum Gasteiger partial charge on any atom is -0.369 e. The standard InChI is InChI=1S/4ClH.H3N/h4*1H;1H3/p-3. The van der Waals surface area contributed by atoms with Gasteiger partial charge < -0.3 is 55.8 Å². The quantitative estimate of drug-likeness (QED) is 0.365. The maximum absolute atomic E-state index is 0. The molecule has 0 amide bonds. The smallest absolute Gasteiger partial charge is 0.369 e. The summed E-state index contributed by atoms with van der Waals surface area (Å²) >= 11 is 0. The van der Waals surface area contributed by atoms with E-state index in [9.17, 15) is 0 Å². The van der Waals surface area contributed by atoms with Crippen molar-refractivity contribution in [3.8, 4) is 0 Å². The molecular formula is H4Cl4N-3. The van der Waals surface area contributed by atoms with Gasteiger partial charge in [-0.3, -0.25) is 0 Å². The van der Waals surface area contributed by atoms with Crippen molar-refractivity contribution < 1.29 is 49.6 Å². The van der Waals surface area contributed by atoms with E-state index in [1.165, 1.54) is 0 Å². The van der Waals surface area contributed by atoms with E-state index in [2.05, 4.69) is 0 Å². The summed E-state index contributed by atoms with van der Waals surface area (Å²) < 4.78 is 0. The Kier molecular flexibility index (Phi) is 1770. The second kappa shape index (κ2) is 69.3. The van der Waals surface area contributed by atoms with Crippen LogP contribution in [0, 0.1) is 0 Å². The first-order valence-corrected chi connectivity index (χ1v) is 0. The highest BCUT2D eigenvalue weighted by Gasteiger charge is -0.369. The monoisotopic (exact) mass is 158 g/mol. The fourth-order valence-corrected chi connectivity index (χ4v) is 0. The van der Waals surface area contributed by atoms with Crippen LogP contribution in [0.5, 0.6) is 0 Å². The van der Waals surface area contributed by atoms with Crippen LogP contribution in [0.3, 0.4) is 0 Å². The Hall–Kier alpha value is 1.12. The number of halogens is 4. The third-order valence-corrected chi connectivity index (χ3v) is 0. The molecule has 5 heavy (non-hydrogen) atoms. The Morgan fingerprint density at radius 2 is 0.400 bits per heavy atom. The Morgan fingerprint density at radius 3 is 0.400 bits per heavy atom. The van der Waals surface area contributed by atoms with Gasteiger partial charge >= 0.3 is 0 Å². The van der Waals surface area contributed by atoms with Gasteiger partial charge in [0.25, 0.3) is 0 Å². The molecule has 1 nitrogen and oxygen atoms in total. The van der Waals surface area contributed by atoms with Crippen LogP contribution in [0.4, 0.5) is 0 Å². The normalized spacial score (nSPS) is 0. The molecule has 5 heteroatoms. The third-order valence-electron chi connectivity index (χ3n) is 0. The fraction of sp³-hybridized carbons (Fsp3) is 0. The molecule has 0 saturated carbocycles. The van der Waals surface area contributed by atoms with Gasteiger partial charge in [0, 0.05) is 0 Å². The van der Waals surface area contributed by atoms with E-state index in [0.717, 1.165) is 0 Å². The van der Waals surface area contributed by atoms with E-state index in [1.54, 1.807) is 0 Å². The average Bonchev–Trinajstić information content (AvgIpc) is 0. The molecule has 0 bridgehead atoms. The van der Waals surface area contributed by atoms with Gasteiger partial charge in [0.2, 0.25) is 0 Å². The highest BCUT2D eigenvalue weighted by molar-refractivity contribution is 2.13. The second-order valence-corrected chi connectivity index (χ2v) is 0. The lowest BCUT2D eigenvalue weighted by atomic mass is 14.0. The van der Waals surface area contributed by atoms with E-state index in [4.69, 9.17) is 0 Å². The van der Waals surface area contributed by atoms with Crippen molar-refractivity contribution in [1.82, 2.24) is 6.15 Å². The fourth-order valence-electron chi connectivity index (χ4n) is 0. The summed E-state index contributed by atoms with van der Waals surface area (Å²) in [6.45, 7) is 0. The molecule has 0 spiro atoms. The van der Waals surface area contributed by atoms with Gasteiger partial charge in [-0.2, -0.15) is 0 Å². The molecular weight excluding hydrogens is 156 g/mol. The van der Waals surface area contributed by atoms with E-state index in [-0.39, 0.29) is 55.8 Å². The highest BCUT2D eigenvalue weighted by Crippen LogP contribution is -0.481. The van der Waals surface area contributed by atoms with Crippen LogP contribution < -0.4 is 55.8 Å². The van der Waals surface area contributed by atoms with E-state index >= 15 is 0 Å². The molecule has 0 aromatic heterocycles. The van der Waals surface area contributed by atoms with E-state index in [0.29, 0.717) is 0 Å². The molecule has 0 radical (unpaired) electrons. The van der Waals surface area contributed by atoms with E-state index < -0.39 is 0 Å². The predicted octanol–water partition coefficient (Wildman–Crippen LogP) is -11.6. The summed E-state index contributed by atoms with van der Waals surface area (Å²) in [5.41, 5.74) is 0. The summed E-state index contributed by atoms with van der Waals surface area (Å²) in [7, 11) is 0. The van der Waals surface area contributed by atoms with Crippen molar-refractivity contribution in [3.05, 3.63) is 0 Å². The van der Waals surface area contributed by atoms with Gasteiger partial charge in [0.1, 0.15) is 0 Å². The Balaban J connectivity index is 0. The molecule has 0 aromatic rings. The zero-order chi connectivity index (χ0) is 0. The molecule has 0 saturated heterocycles. The minimum Gasteiger partial charge on any atom is -1.00 e. The zero-order valence-electron chi connectivity index (χ0n) is 2.51. The minimum atomic E-state index is 0. The Labute approximate surface area is 56.1 Å². The third kappa shape index (κ3) is 39.7. The second-order valence-electron chi connectivity index (χ2n) is 0. The summed E-state index contributed by atoms with van der Waals surface area (Å²) in [4.78, 5) is 0. The van der Waals surface area contributed by atoms with Crippen LogP contribution in [-0.4, -0.2) is 0 Å². The van der Waals surface area contributed by atoms with Crippen molar-refractivity contribution in [1.29, 1.82) is 0 Å². The van der Waals surface area contributed by atoms with Crippen molar-refractivity contribution >= 4 is 0 Å². The molecule has 0 aliphatic rings. The van der Waals surface area contributed by atoms with Crippen molar-refractivity contribution in [3.63, 3.8) is 0 Å². The molecule has 0 aliphatic heterocycles. The molecule has 0 aromatic carbocycles. The number of quaternary nitrogens is 1. The number of hydrogen-bond acceptors (Lipinski definition) is 0. The van der Waals surface area contributed by atoms with Gasteiger partial charge in [-0.25, -0.2) is 0 Å². The number of hydrogen-bond donors (Lipinski definition) is 1. The van der Waals surface area contributed by atoms with Gasteiger partial charge in [-0.15, -0.1) is 0 Å². The maximum atomic E-state index is 0. The van der Waals surface area contributed by atoms with Crippen LogP contribution in [0.1, 0.15) is 0 Å². The first-order valence-electron chi connectivity index (χ1n) is 0. The Morgan fingerprint density at radius 1 is 0.400 bits per heavy atom. The Bertz CT molecular complexity index is 3.61. The van der Waals surface area contributed by atoms with Gasteiger partial charge in [-0.05, 0) is 0 Å².